The van der Waals surface area contributed by atoms with Crippen LogP contribution < -0.4 is 19.1 Å². The number of carbonyl (C=O) groups excluding carboxylic acids is 1. The fraction of sp³-hybridized carbons (Fsp3) is 0.0741. The van der Waals surface area contributed by atoms with Crippen molar-refractivity contribution >= 4 is 54.8 Å². The highest BCUT2D eigenvalue weighted by Crippen LogP contribution is 2.34. The predicted octanol–water partition coefficient (Wildman–Crippen LogP) is 6.74. The Hall–Kier alpha value is -3.53. The molecule has 0 radical (unpaired) electrons. The van der Waals surface area contributed by atoms with Gasteiger partial charge in [-0.3, -0.25) is 9.10 Å². The van der Waals surface area contributed by atoms with Crippen LogP contribution >= 0.6 is 27.5 Å². The zero-order chi connectivity index (χ0) is 26.4. The lowest BCUT2D eigenvalue weighted by Crippen LogP contribution is -2.38. The maximum atomic E-state index is 13.8. The SMILES string of the molecule is COc1ccc(Br)cc1S(=O)(=O)N(CC(=O)Nc1cc(Cl)ccc1Oc1ccccc1)c1ccccc1. The minimum atomic E-state index is -4.21. The molecule has 0 saturated carbocycles. The lowest BCUT2D eigenvalue weighted by molar-refractivity contribution is -0.114. The maximum Gasteiger partial charge on any atom is 0.268 e. The molecule has 4 aromatic rings. The summed E-state index contributed by atoms with van der Waals surface area (Å²) in [5.41, 5.74) is 0.610. The molecule has 0 spiro atoms. The van der Waals surface area contributed by atoms with Crippen molar-refractivity contribution in [1.29, 1.82) is 0 Å². The van der Waals surface area contributed by atoms with Crippen molar-refractivity contribution in [2.75, 3.05) is 23.3 Å². The van der Waals surface area contributed by atoms with Gasteiger partial charge in [0.25, 0.3) is 10.0 Å². The zero-order valence-corrected chi connectivity index (χ0v) is 22.8. The summed E-state index contributed by atoms with van der Waals surface area (Å²) in [6, 6.07) is 26.9. The summed E-state index contributed by atoms with van der Waals surface area (Å²) < 4.78 is 40.4. The van der Waals surface area contributed by atoms with Crippen LogP contribution in [0.3, 0.4) is 0 Å². The van der Waals surface area contributed by atoms with Gasteiger partial charge in [0.15, 0.2) is 5.75 Å². The molecule has 0 heterocycles. The first kappa shape index (κ1) is 26.5. The van der Waals surface area contributed by atoms with Crippen LogP contribution in [0.4, 0.5) is 11.4 Å². The van der Waals surface area contributed by atoms with Crippen LogP contribution in [0, 0.1) is 0 Å². The summed E-state index contributed by atoms with van der Waals surface area (Å²) in [4.78, 5) is 13.2. The third kappa shape index (κ3) is 6.43. The highest BCUT2D eigenvalue weighted by atomic mass is 79.9. The van der Waals surface area contributed by atoms with Gasteiger partial charge in [-0.05, 0) is 60.7 Å². The van der Waals surface area contributed by atoms with E-state index in [4.69, 9.17) is 21.1 Å². The summed E-state index contributed by atoms with van der Waals surface area (Å²) in [6.45, 7) is -0.515. The number of amides is 1. The third-order valence-electron chi connectivity index (χ3n) is 5.21. The van der Waals surface area contributed by atoms with Crippen LogP contribution in [-0.2, 0) is 14.8 Å². The van der Waals surface area contributed by atoms with Crippen LogP contribution in [0.2, 0.25) is 5.02 Å². The van der Waals surface area contributed by atoms with Crippen LogP contribution in [0.15, 0.2) is 106 Å². The molecule has 0 bridgehead atoms. The van der Waals surface area contributed by atoms with Gasteiger partial charge in [-0.1, -0.05) is 63.9 Å². The number of ether oxygens (including phenoxy) is 2. The molecule has 0 saturated heterocycles. The van der Waals surface area contributed by atoms with Crippen molar-refractivity contribution < 1.29 is 22.7 Å². The topological polar surface area (TPSA) is 84.9 Å². The fourth-order valence-corrected chi connectivity index (χ4v) is 5.79. The molecule has 0 aliphatic rings. The quantitative estimate of drug-likeness (QED) is 0.230. The van der Waals surface area contributed by atoms with E-state index in [9.17, 15) is 13.2 Å². The van der Waals surface area contributed by atoms with Gasteiger partial charge in [0, 0.05) is 9.50 Å². The monoisotopic (exact) mass is 600 g/mol. The minimum absolute atomic E-state index is 0.0862. The van der Waals surface area contributed by atoms with Gasteiger partial charge in [-0.2, -0.15) is 0 Å². The number of anilines is 2. The molecule has 7 nitrogen and oxygen atoms in total. The van der Waals surface area contributed by atoms with E-state index >= 15 is 0 Å². The average Bonchev–Trinajstić information content (AvgIpc) is 2.90. The van der Waals surface area contributed by atoms with Crippen molar-refractivity contribution in [2.45, 2.75) is 4.90 Å². The van der Waals surface area contributed by atoms with Gasteiger partial charge in [-0.25, -0.2) is 8.42 Å². The number of hydrogen-bond acceptors (Lipinski definition) is 5. The van der Waals surface area contributed by atoms with E-state index in [1.807, 2.05) is 18.2 Å². The van der Waals surface area contributed by atoms with Gasteiger partial charge in [0.2, 0.25) is 5.91 Å². The Balaban J connectivity index is 1.67. The second-order valence-electron chi connectivity index (χ2n) is 7.75. The number of para-hydroxylation sites is 2. The Morgan fingerprint density at radius 1 is 0.919 bits per heavy atom. The van der Waals surface area contributed by atoms with Crippen LogP contribution in [0.1, 0.15) is 0 Å². The zero-order valence-electron chi connectivity index (χ0n) is 19.6. The Morgan fingerprint density at radius 2 is 1.57 bits per heavy atom. The van der Waals surface area contributed by atoms with Crippen molar-refractivity contribution in [1.82, 2.24) is 0 Å². The van der Waals surface area contributed by atoms with E-state index in [2.05, 4.69) is 21.2 Å². The number of benzene rings is 4. The molecular weight excluding hydrogens is 580 g/mol. The molecule has 1 N–H and O–H groups in total. The summed E-state index contributed by atoms with van der Waals surface area (Å²) >= 11 is 9.49. The normalized spacial score (nSPS) is 11.0. The predicted molar refractivity (Wildman–Crippen MR) is 148 cm³/mol. The molecule has 1 amide bonds. The fourth-order valence-electron chi connectivity index (χ4n) is 3.50. The van der Waals surface area contributed by atoms with E-state index in [-0.39, 0.29) is 10.6 Å². The molecule has 0 aliphatic heterocycles. The van der Waals surface area contributed by atoms with E-state index in [1.54, 1.807) is 66.7 Å². The number of rotatable bonds is 9. The van der Waals surface area contributed by atoms with Crippen molar-refractivity contribution in [3.8, 4) is 17.2 Å². The summed E-state index contributed by atoms with van der Waals surface area (Å²) in [5.74, 6) is 0.474. The lowest BCUT2D eigenvalue weighted by Gasteiger charge is -2.25. The minimum Gasteiger partial charge on any atom is -0.495 e. The first-order valence-corrected chi connectivity index (χ1v) is 13.6. The van der Waals surface area contributed by atoms with E-state index in [0.29, 0.717) is 32.4 Å². The van der Waals surface area contributed by atoms with Crippen LogP contribution in [0.5, 0.6) is 17.2 Å². The maximum absolute atomic E-state index is 13.8. The third-order valence-corrected chi connectivity index (χ3v) is 7.74. The second kappa shape index (κ2) is 11.7. The molecule has 4 rings (SSSR count). The molecule has 0 aromatic heterocycles. The number of sulfonamides is 1. The van der Waals surface area contributed by atoms with Gasteiger partial charge >= 0.3 is 0 Å². The van der Waals surface area contributed by atoms with Gasteiger partial charge < -0.3 is 14.8 Å². The standard InChI is InChI=1S/C27H22BrClN2O5S/c1-35-25-14-12-19(28)16-26(25)37(33,34)31(21-8-4-2-5-9-21)18-27(32)30-23-17-20(29)13-15-24(23)36-22-10-6-3-7-11-22/h2-17H,18H2,1H3,(H,30,32). The second-order valence-corrected chi connectivity index (χ2v) is 10.9. The average molecular weight is 602 g/mol. The largest absolute Gasteiger partial charge is 0.495 e. The number of halogens is 2. The van der Waals surface area contributed by atoms with Crippen molar-refractivity contribution in [3.05, 3.63) is 107 Å². The smallest absolute Gasteiger partial charge is 0.268 e. The Morgan fingerprint density at radius 3 is 2.24 bits per heavy atom. The molecule has 0 fully saturated rings. The summed E-state index contributed by atoms with van der Waals surface area (Å²) in [6.07, 6.45) is 0. The summed E-state index contributed by atoms with van der Waals surface area (Å²) in [5, 5.41) is 3.12. The first-order valence-electron chi connectivity index (χ1n) is 11.0. The highest BCUT2D eigenvalue weighted by Gasteiger charge is 2.30. The van der Waals surface area contributed by atoms with E-state index in [1.165, 1.54) is 19.2 Å². The van der Waals surface area contributed by atoms with Gasteiger partial charge in [-0.15, -0.1) is 0 Å². The first-order chi connectivity index (χ1) is 17.8. The molecule has 0 unspecified atom stereocenters. The molecule has 4 aromatic carbocycles. The Bertz CT molecular complexity index is 1500. The van der Waals surface area contributed by atoms with Crippen LogP contribution in [-0.4, -0.2) is 28.0 Å². The lowest BCUT2D eigenvalue weighted by atomic mass is 10.2. The number of hydrogen-bond donors (Lipinski definition) is 1. The molecule has 10 heteroatoms. The number of methoxy groups -OCH3 is 1. The Kier molecular flexibility index (Phi) is 8.38. The van der Waals surface area contributed by atoms with E-state index in [0.717, 1.165) is 4.31 Å². The molecule has 0 aliphatic carbocycles. The van der Waals surface area contributed by atoms with Crippen LogP contribution in [0.25, 0.3) is 0 Å². The number of carbonyl (C=O) groups is 1. The molecular formula is C27H22BrClN2O5S. The molecule has 190 valence electrons. The molecule has 0 atom stereocenters. The van der Waals surface area contributed by atoms with Gasteiger partial charge in [0.1, 0.15) is 22.9 Å². The van der Waals surface area contributed by atoms with E-state index < -0.39 is 22.5 Å². The number of nitrogens with zero attached hydrogens (tertiary/aromatic N) is 1. The highest BCUT2D eigenvalue weighted by molar-refractivity contribution is 9.10. The van der Waals surface area contributed by atoms with Gasteiger partial charge in [0.05, 0.1) is 18.5 Å². The van der Waals surface area contributed by atoms with Crippen molar-refractivity contribution in [3.63, 3.8) is 0 Å². The van der Waals surface area contributed by atoms with Crippen molar-refractivity contribution in [2.24, 2.45) is 0 Å². The summed E-state index contributed by atoms with van der Waals surface area (Å²) in [7, 11) is -2.83. The Labute approximate surface area is 228 Å². The number of nitrogens with one attached hydrogen (secondary N) is 1. The molecule has 37 heavy (non-hydrogen) atoms.